The van der Waals surface area contributed by atoms with Gasteiger partial charge in [0.2, 0.25) is 0 Å². The van der Waals surface area contributed by atoms with Crippen molar-refractivity contribution < 1.29 is 21.9 Å². The van der Waals surface area contributed by atoms with Crippen molar-refractivity contribution in [3.63, 3.8) is 0 Å². The SMILES string of the molecule is COc1cnc(S(N)(=O)=O)c(C(F)F)c1Br. The number of ether oxygens (including phenoxy) is 1. The van der Waals surface area contributed by atoms with Crippen molar-refractivity contribution in [2.24, 2.45) is 5.14 Å². The van der Waals surface area contributed by atoms with Crippen LogP contribution in [0.5, 0.6) is 5.75 Å². The van der Waals surface area contributed by atoms with Crippen LogP contribution >= 0.6 is 15.9 Å². The Kier molecular flexibility index (Phi) is 3.81. The fourth-order valence-corrected chi connectivity index (χ4v) is 2.48. The highest BCUT2D eigenvalue weighted by Crippen LogP contribution is 2.37. The van der Waals surface area contributed by atoms with Crippen LogP contribution in [0.3, 0.4) is 0 Å². The van der Waals surface area contributed by atoms with Gasteiger partial charge in [-0.15, -0.1) is 0 Å². The number of hydrogen-bond donors (Lipinski definition) is 1. The van der Waals surface area contributed by atoms with E-state index in [1.807, 2.05) is 0 Å². The predicted molar refractivity (Wildman–Crippen MR) is 54.8 cm³/mol. The van der Waals surface area contributed by atoms with Gasteiger partial charge in [-0.3, -0.25) is 0 Å². The highest BCUT2D eigenvalue weighted by Gasteiger charge is 2.27. The Bertz CT molecular complexity index is 507. The summed E-state index contributed by atoms with van der Waals surface area (Å²) >= 11 is 2.82. The predicted octanol–water partition coefficient (Wildman–Crippen LogP) is 1.44. The van der Waals surface area contributed by atoms with Crippen LogP contribution in [0.1, 0.15) is 12.0 Å². The van der Waals surface area contributed by atoms with Crippen LogP contribution in [0.2, 0.25) is 0 Å². The summed E-state index contributed by atoms with van der Waals surface area (Å²) in [6.45, 7) is 0. The lowest BCUT2D eigenvalue weighted by atomic mass is 10.3. The Balaban J connectivity index is 3.60. The van der Waals surface area contributed by atoms with Crippen molar-refractivity contribution in [1.82, 2.24) is 4.98 Å². The number of sulfonamides is 1. The van der Waals surface area contributed by atoms with Gasteiger partial charge in [0, 0.05) is 0 Å². The quantitative estimate of drug-likeness (QED) is 0.914. The smallest absolute Gasteiger partial charge is 0.267 e. The molecule has 16 heavy (non-hydrogen) atoms. The minimum Gasteiger partial charge on any atom is -0.494 e. The normalized spacial score (nSPS) is 11.9. The van der Waals surface area contributed by atoms with E-state index in [9.17, 15) is 17.2 Å². The first-order valence-corrected chi connectivity index (χ1v) is 6.16. The summed E-state index contributed by atoms with van der Waals surface area (Å²) in [5.41, 5.74) is -0.804. The molecule has 5 nitrogen and oxygen atoms in total. The fraction of sp³-hybridized carbons (Fsp3) is 0.286. The molecule has 0 bridgehead atoms. The van der Waals surface area contributed by atoms with Gasteiger partial charge in [-0.2, -0.15) is 0 Å². The molecule has 1 rings (SSSR count). The van der Waals surface area contributed by atoms with Gasteiger partial charge in [0.15, 0.2) is 10.8 Å². The molecule has 90 valence electrons. The van der Waals surface area contributed by atoms with Crippen LogP contribution in [0, 0.1) is 0 Å². The Morgan fingerprint density at radius 2 is 2.12 bits per heavy atom. The summed E-state index contributed by atoms with van der Waals surface area (Å²) in [6, 6.07) is 0. The van der Waals surface area contributed by atoms with E-state index >= 15 is 0 Å². The maximum Gasteiger partial charge on any atom is 0.267 e. The van der Waals surface area contributed by atoms with Gasteiger partial charge in [-0.25, -0.2) is 27.3 Å². The summed E-state index contributed by atoms with van der Waals surface area (Å²) < 4.78 is 52.0. The maximum atomic E-state index is 12.7. The van der Waals surface area contributed by atoms with Crippen LogP contribution in [-0.2, 0) is 10.0 Å². The van der Waals surface area contributed by atoms with E-state index in [1.165, 1.54) is 7.11 Å². The molecule has 0 aliphatic heterocycles. The summed E-state index contributed by atoms with van der Waals surface area (Å²) in [5, 5.41) is 3.90. The van der Waals surface area contributed by atoms with Crippen molar-refractivity contribution in [2.45, 2.75) is 11.5 Å². The first-order chi connectivity index (χ1) is 7.29. The summed E-state index contributed by atoms with van der Waals surface area (Å²) in [6.07, 6.45) is -2.04. The molecule has 0 fully saturated rings. The lowest BCUT2D eigenvalue weighted by Crippen LogP contribution is -2.17. The molecule has 0 atom stereocenters. The third kappa shape index (κ3) is 2.47. The second-order valence-electron chi connectivity index (χ2n) is 2.71. The van der Waals surface area contributed by atoms with Crippen LogP contribution in [0.25, 0.3) is 0 Å². The highest BCUT2D eigenvalue weighted by molar-refractivity contribution is 9.10. The van der Waals surface area contributed by atoms with Crippen molar-refractivity contribution in [2.75, 3.05) is 7.11 Å². The number of nitrogens with two attached hydrogens (primary N) is 1. The Morgan fingerprint density at radius 3 is 2.50 bits per heavy atom. The topological polar surface area (TPSA) is 82.3 Å². The monoisotopic (exact) mass is 316 g/mol. The van der Waals surface area contributed by atoms with Crippen LogP contribution in [0.15, 0.2) is 15.7 Å². The van der Waals surface area contributed by atoms with Crippen LogP contribution < -0.4 is 9.88 Å². The lowest BCUT2D eigenvalue weighted by molar-refractivity contribution is 0.145. The minimum atomic E-state index is -4.30. The van der Waals surface area contributed by atoms with Gasteiger partial charge in [-0.1, -0.05) is 0 Å². The summed E-state index contributed by atoms with van der Waals surface area (Å²) in [4.78, 5) is 3.35. The molecule has 0 saturated heterocycles. The number of hydrogen-bond acceptors (Lipinski definition) is 4. The van der Waals surface area contributed by atoms with Gasteiger partial charge in [0.05, 0.1) is 23.3 Å². The second-order valence-corrected chi connectivity index (χ2v) is 4.97. The Hall–Kier alpha value is -0.800. The number of halogens is 3. The van der Waals surface area contributed by atoms with Crippen LogP contribution in [0.4, 0.5) is 8.78 Å². The first-order valence-electron chi connectivity index (χ1n) is 3.82. The molecule has 0 aromatic carbocycles. The number of alkyl halides is 2. The Labute approximate surface area is 98.8 Å². The molecule has 0 radical (unpaired) electrons. The number of aromatic nitrogens is 1. The zero-order chi connectivity index (χ0) is 12.5. The molecule has 0 aliphatic rings. The van der Waals surface area contributed by atoms with E-state index in [4.69, 9.17) is 9.88 Å². The van der Waals surface area contributed by atoms with E-state index in [0.29, 0.717) is 0 Å². The average molecular weight is 317 g/mol. The van der Waals surface area contributed by atoms with Gasteiger partial charge in [-0.05, 0) is 15.9 Å². The van der Waals surface area contributed by atoms with Crippen molar-refractivity contribution in [3.8, 4) is 5.75 Å². The fourth-order valence-electron chi connectivity index (χ4n) is 1.03. The van der Waals surface area contributed by atoms with E-state index in [2.05, 4.69) is 20.9 Å². The molecule has 1 heterocycles. The van der Waals surface area contributed by atoms with E-state index in [0.717, 1.165) is 6.20 Å². The molecular weight excluding hydrogens is 310 g/mol. The maximum absolute atomic E-state index is 12.7. The zero-order valence-electron chi connectivity index (χ0n) is 7.95. The largest absolute Gasteiger partial charge is 0.494 e. The number of pyridine rings is 1. The Morgan fingerprint density at radius 1 is 1.56 bits per heavy atom. The molecule has 0 unspecified atom stereocenters. The van der Waals surface area contributed by atoms with E-state index < -0.39 is 27.0 Å². The molecule has 1 aromatic rings. The van der Waals surface area contributed by atoms with Gasteiger partial charge in [0.25, 0.3) is 16.4 Å². The van der Waals surface area contributed by atoms with E-state index in [-0.39, 0.29) is 10.2 Å². The van der Waals surface area contributed by atoms with Crippen molar-refractivity contribution >= 4 is 26.0 Å². The standard InChI is InChI=1S/C7H7BrF2N2O3S/c1-15-3-2-12-7(16(11,13)14)4(5(3)8)6(9)10/h2,6H,1H3,(H2,11,13,14). The summed E-state index contributed by atoms with van der Waals surface area (Å²) in [7, 11) is -3.06. The lowest BCUT2D eigenvalue weighted by Gasteiger charge is -2.11. The first kappa shape index (κ1) is 13.3. The average Bonchev–Trinajstić information content (AvgIpc) is 2.15. The van der Waals surface area contributed by atoms with Crippen LogP contribution in [-0.4, -0.2) is 20.5 Å². The molecule has 1 aromatic heterocycles. The molecule has 0 saturated carbocycles. The zero-order valence-corrected chi connectivity index (χ0v) is 10.3. The number of primary sulfonamides is 1. The van der Waals surface area contributed by atoms with Crippen molar-refractivity contribution in [1.29, 1.82) is 0 Å². The molecular formula is C7H7BrF2N2O3S. The summed E-state index contributed by atoms with van der Waals surface area (Å²) in [5.74, 6) is 0.00250. The van der Waals surface area contributed by atoms with E-state index in [1.54, 1.807) is 0 Å². The third-order valence-electron chi connectivity index (χ3n) is 1.69. The number of methoxy groups -OCH3 is 1. The van der Waals surface area contributed by atoms with Gasteiger partial charge in [0.1, 0.15) is 0 Å². The number of rotatable bonds is 3. The third-order valence-corrected chi connectivity index (χ3v) is 3.37. The molecule has 2 N–H and O–H groups in total. The highest BCUT2D eigenvalue weighted by atomic mass is 79.9. The van der Waals surface area contributed by atoms with Gasteiger partial charge >= 0.3 is 0 Å². The number of nitrogens with zero attached hydrogens (tertiary/aromatic N) is 1. The van der Waals surface area contributed by atoms with Gasteiger partial charge < -0.3 is 4.74 Å². The van der Waals surface area contributed by atoms with Crippen molar-refractivity contribution in [3.05, 3.63) is 16.2 Å². The minimum absolute atomic E-state index is 0.00250. The second kappa shape index (κ2) is 4.60. The molecule has 9 heteroatoms. The molecule has 0 amide bonds. The molecule has 0 spiro atoms. The molecule has 0 aliphatic carbocycles.